The zero-order chi connectivity index (χ0) is 18.5. The van der Waals surface area contributed by atoms with Gasteiger partial charge in [0.25, 0.3) is 5.91 Å². The van der Waals surface area contributed by atoms with Crippen LogP contribution in [0.2, 0.25) is 5.15 Å². The maximum absolute atomic E-state index is 14.1. The van der Waals surface area contributed by atoms with E-state index in [1.54, 1.807) is 24.3 Å². The molecule has 8 heteroatoms. The monoisotopic (exact) mass is 482 g/mol. The minimum absolute atomic E-state index is 0.0651. The fourth-order valence-corrected chi connectivity index (χ4v) is 2.85. The van der Waals surface area contributed by atoms with Crippen molar-refractivity contribution in [3.63, 3.8) is 0 Å². The van der Waals surface area contributed by atoms with E-state index in [1.165, 1.54) is 18.3 Å². The molecule has 0 saturated carbocycles. The molecule has 2 aromatic carbocycles. The lowest BCUT2D eigenvalue weighted by atomic mass is 10.2. The fourth-order valence-electron chi connectivity index (χ4n) is 2.19. The van der Waals surface area contributed by atoms with E-state index < -0.39 is 11.7 Å². The first-order valence-electron chi connectivity index (χ1n) is 7.52. The number of halogens is 3. The van der Waals surface area contributed by atoms with Gasteiger partial charge in [0.1, 0.15) is 5.82 Å². The van der Waals surface area contributed by atoms with Gasteiger partial charge >= 0.3 is 0 Å². The van der Waals surface area contributed by atoms with Gasteiger partial charge in [-0.25, -0.2) is 9.37 Å². The second-order valence-corrected chi connectivity index (χ2v) is 6.82. The predicted molar refractivity (Wildman–Crippen MR) is 109 cm³/mol. The summed E-state index contributed by atoms with van der Waals surface area (Å²) in [7, 11) is 0. The highest BCUT2D eigenvalue weighted by Gasteiger charge is 2.16. The van der Waals surface area contributed by atoms with Crippen LogP contribution in [-0.2, 0) is 0 Å². The Morgan fingerprint density at radius 3 is 2.62 bits per heavy atom. The van der Waals surface area contributed by atoms with Gasteiger partial charge in [-0.15, -0.1) is 0 Å². The van der Waals surface area contributed by atoms with E-state index in [1.807, 2.05) is 40.8 Å². The molecule has 1 heterocycles. The third-order valence-electron chi connectivity index (χ3n) is 3.43. The van der Waals surface area contributed by atoms with Crippen molar-refractivity contribution in [2.45, 2.75) is 0 Å². The van der Waals surface area contributed by atoms with Crippen LogP contribution >= 0.6 is 34.2 Å². The molecule has 0 aliphatic carbocycles. The molecule has 1 aromatic heterocycles. The van der Waals surface area contributed by atoms with Crippen LogP contribution in [0.25, 0.3) is 0 Å². The summed E-state index contributed by atoms with van der Waals surface area (Å²) in [6.45, 7) is 0. The van der Waals surface area contributed by atoms with Crippen molar-refractivity contribution in [3.05, 3.63) is 80.9 Å². The highest BCUT2D eigenvalue weighted by molar-refractivity contribution is 14.1. The van der Waals surface area contributed by atoms with Crippen molar-refractivity contribution in [2.75, 3.05) is 10.7 Å². The number of pyridine rings is 1. The van der Waals surface area contributed by atoms with Gasteiger partial charge < -0.3 is 5.32 Å². The lowest BCUT2D eigenvalue weighted by Crippen LogP contribution is -2.30. The number of amides is 1. The van der Waals surface area contributed by atoms with Crippen LogP contribution in [0.3, 0.4) is 0 Å². The number of hydrogen-bond acceptors (Lipinski definition) is 4. The molecule has 1 amide bonds. The van der Waals surface area contributed by atoms with Crippen molar-refractivity contribution in [3.8, 4) is 0 Å². The number of anilines is 3. The lowest BCUT2D eigenvalue weighted by Gasteiger charge is -2.14. The highest BCUT2D eigenvalue weighted by atomic mass is 127. The van der Waals surface area contributed by atoms with Crippen LogP contribution in [-0.4, -0.2) is 10.9 Å². The number of aromatic nitrogens is 1. The topological polar surface area (TPSA) is 66.0 Å². The molecule has 5 nitrogen and oxygen atoms in total. The highest BCUT2D eigenvalue weighted by Crippen LogP contribution is 2.29. The van der Waals surface area contributed by atoms with E-state index >= 15 is 0 Å². The SMILES string of the molecule is O=C(NNc1ccccc1)c1ccnc(Cl)c1Nc1ccc(I)cc1F. The first kappa shape index (κ1) is 18.4. The van der Waals surface area contributed by atoms with Crippen molar-refractivity contribution in [1.29, 1.82) is 0 Å². The molecule has 0 aliphatic heterocycles. The molecule has 3 rings (SSSR count). The molecule has 0 bridgehead atoms. The summed E-state index contributed by atoms with van der Waals surface area (Å²) >= 11 is 8.14. The Morgan fingerprint density at radius 2 is 1.88 bits per heavy atom. The number of hydrogen-bond donors (Lipinski definition) is 3. The molecule has 3 aromatic rings. The fraction of sp³-hybridized carbons (Fsp3) is 0. The Labute approximate surface area is 168 Å². The number of nitrogens with one attached hydrogen (secondary N) is 3. The summed E-state index contributed by atoms with van der Waals surface area (Å²) in [4.78, 5) is 16.5. The van der Waals surface area contributed by atoms with Gasteiger partial charge in [0.15, 0.2) is 5.15 Å². The first-order valence-corrected chi connectivity index (χ1v) is 8.98. The smallest absolute Gasteiger partial charge is 0.271 e. The zero-order valence-corrected chi connectivity index (χ0v) is 16.2. The predicted octanol–water partition coefficient (Wildman–Crippen LogP) is 4.98. The van der Waals surface area contributed by atoms with Gasteiger partial charge in [-0.05, 0) is 59.0 Å². The minimum Gasteiger partial charge on any atom is -0.350 e. The normalized spacial score (nSPS) is 10.3. The third kappa shape index (κ3) is 4.41. The molecule has 0 saturated heterocycles. The molecule has 0 aliphatic rings. The van der Waals surface area contributed by atoms with Crippen LogP contribution in [0.4, 0.5) is 21.5 Å². The Bertz CT molecular complexity index is 940. The van der Waals surface area contributed by atoms with Gasteiger partial charge in [-0.2, -0.15) is 0 Å². The second kappa shape index (κ2) is 8.33. The summed E-state index contributed by atoms with van der Waals surface area (Å²) in [5.74, 6) is -0.892. The van der Waals surface area contributed by atoms with Crippen LogP contribution in [0, 0.1) is 9.39 Å². The van der Waals surface area contributed by atoms with Gasteiger partial charge in [0.05, 0.1) is 22.6 Å². The lowest BCUT2D eigenvalue weighted by molar-refractivity contribution is 0.0963. The van der Waals surface area contributed by atoms with Crippen molar-refractivity contribution < 1.29 is 9.18 Å². The number of hydrazine groups is 1. The summed E-state index contributed by atoms with van der Waals surface area (Å²) in [5.41, 5.74) is 6.76. The Kier molecular flexibility index (Phi) is 5.89. The van der Waals surface area contributed by atoms with E-state index in [0.717, 1.165) is 9.26 Å². The van der Waals surface area contributed by atoms with Gasteiger partial charge in [-0.3, -0.25) is 15.6 Å². The number of nitrogens with zero attached hydrogens (tertiary/aromatic N) is 1. The molecule has 26 heavy (non-hydrogen) atoms. The van der Waals surface area contributed by atoms with E-state index in [9.17, 15) is 9.18 Å². The average Bonchev–Trinajstić information content (AvgIpc) is 2.64. The average molecular weight is 483 g/mol. The third-order valence-corrected chi connectivity index (χ3v) is 4.39. The van der Waals surface area contributed by atoms with E-state index in [2.05, 4.69) is 21.2 Å². The van der Waals surface area contributed by atoms with Crippen LogP contribution < -0.4 is 16.2 Å². The van der Waals surface area contributed by atoms with Crippen LogP contribution in [0.15, 0.2) is 60.8 Å². The first-order chi connectivity index (χ1) is 12.5. The van der Waals surface area contributed by atoms with E-state index in [0.29, 0.717) is 0 Å². The molecule has 3 N–H and O–H groups in total. The summed E-state index contributed by atoms with van der Waals surface area (Å²) in [6.07, 6.45) is 1.41. The number of benzene rings is 2. The molecular weight excluding hydrogens is 470 g/mol. The minimum atomic E-state index is -0.453. The van der Waals surface area contributed by atoms with Crippen LogP contribution in [0.5, 0.6) is 0 Å². The molecule has 132 valence electrons. The van der Waals surface area contributed by atoms with Crippen molar-refractivity contribution in [2.24, 2.45) is 0 Å². The number of carbonyl (C=O) groups is 1. The maximum atomic E-state index is 14.1. The largest absolute Gasteiger partial charge is 0.350 e. The second-order valence-electron chi connectivity index (χ2n) is 5.22. The molecule has 0 atom stereocenters. The number of para-hydroxylation sites is 1. The maximum Gasteiger partial charge on any atom is 0.271 e. The molecule has 0 fully saturated rings. The van der Waals surface area contributed by atoms with Gasteiger partial charge in [0.2, 0.25) is 0 Å². The number of carbonyl (C=O) groups excluding carboxylic acids is 1. The summed E-state index contributed by atoms with van der Waals surface area (Å²) < 4.78 is 14.9. The van der Waals surface area contributed by atoms with Gasteiger partial charge in [0, 0.05) is 9.77 Å². The molecular formula is C18H13ClFIN4O. The Hall–Kier alpha value is -2.39. The standard InChI is InChI=1S/C18H13ClFIN4O/c19-17-16(23-15-7-6-11(21)10-14(15)20)13(8-9-22-17)18(26)25-24-12-4-2-1-3-5-12/h1-10,23-24H,(H,25,26). The van der Waals surface area contributed by atoms with Gasteiger partial charge in [-0.1, -0.05) is 29.8 Å². The Morgan fingerprint density at radius 1 is 1.12 bits per heavy atom. The van der Waals surface area contributed by atoms with E-state index in [4.69, 9.17) is 11.6 Å². The van der Waals surface area contributed by atoms with Crippen LogP contribution in [0.1, 0.15) is 10.4 Å². The number of rotatable bonds is 5. The quantitative estimate of drug-likeness (QED) is 0.273. The van der Waals surface area contributed by atoms with E-state index in [-0.39, 0.29) is 22.1 Å². The zero-order valence-electron chi connectivity index (χ0n) is 13.3. The molecule has 0 radical (unpaired) electrons. The summed E-state index contributed by atoms with van der Waals surface area (Å²) in [6, 6.07) is 15.4. The summed E-state index contributed by atoms with van der Waals surface area (Å²) in [5, 5.41) is 2.92. The van der Waals surface area contributed by atoms with Crippen molar-refractivity contribution >= 4 is 57.2 Å². The molecule has 0 unspecified atom stereocenters. The van der Waals surface area contributed by atoms with Crippen molar-refractivity contribution in [1.82, 2.24) is 10.4 Å². The Balaban J connectivity index is 1.83. The molecule has 0 spiro atoms.